The van der Waals surface area contributed by atoms with E-state index in [-0.39, 0.29) is 12.6 Å². The Hall–Kier alpha value is -2.85. The molecule has 4 rings (SSSR count). The Balaban J connectivity index is 1.48. The third kappa shape index (κ3) is 5.61. The number of anilines is 1. The van der Waals surface area contributed by atoms with Crippen molar-refractivity contribution in [1.82, 2.24) is 9.88 Å². The van der Waals surface area contributed by atoms with Gasteiger partial charge in [0.05, 0.1) is 15.8 Å². The number of halogens is 3. The molecule has 182 valence electrons. The topological polar surface area (TPSA) is 65.9 Å². The van der Waals surface area contributed by atoms with Crippen LogP contribution in [0, 0.1) is 5.92 Å². The minimum atomic E-state index is -4.37. The molecule has 1 aliphatic heterocycles. The quantitative estimate of drug-likeness (QED) is 0.493. The Morgan fingerprint density at radius 3 is 2.74 bits per heavy atom. The molecule has 10 heteroatoms. The van der Waals surface area contributed by atoms with E-state index in [1.807, 2.05) is 18.2 Å². The molecule has 0 radical (unpaired) electrons. The number of benzene rings is 2. The lowest BCUT2D eigenvalue weighted by atomic mass is 9.99. The number of ether oxygens (including phenoxy) is 1. The first-order valence-electron chi connectivity index (χ1n) is 11.0. The molecule has 3 aromatic rings. The number of nitrogens with zero attached hydrogens (tertiary/aromatic N) is 3. The number of carbonyl (C=O) groups is 1. The molecule has 0 saturated carbocycles. The summed E-state index contributed by atoms with van der Waals surface area (Å²) >= 11 is 1.30. The second-order valence-electron chi connectivity index (χ2n) is 8.75. The average Bonchev–Trinajstić information content (AvgIpc) is 3.20. The molecule has 1 atom stereocenters. The first-order valence-corrected chi connectivity index (χ1v) is 11.8. The number of hydrogen-bond acceptors (Lipinski definition) is 6. The Morgan fingerprint density at radius 2 is 2.03 bits per heavy atom. The van der Waals surface area contributed by atoms with Crippen molar-refractivity contribution in [3.63, 3.8) is 0 Å². The predicted octanol–water partition coefficient (Wildman–Crippen LogP) is 5.13. The Morgan fingerprint density at radius 1 is 1.24 bits per heavy atom. The molecule has 2 heterocycles. The molecule has 0 spiro atoms. The van der Waals surface area contributed by atoms with Crippen LogP contribution < -0.4 is 9.64 Å². The molecule has 34 heavy (non-hydrogen) atoms. The zero-order valence-corrected chi connectivity index (χ0v) is 19.7. The lowest BCUT2D eigenvalue weighted by Gasteiger charge is -2.43. The molecule has 1 unspecified atom stereocenters. The highest BCUT2D eigenvalue weighted by atomic mass is 32.1. The van der Waals surface area contributed by atoms with E-state index >= 15 is 0 Å². The minimum absolute atomic E-state index is 0.155. The third-order valence-corrected chi connectivity index (χ3v) is 6.94. The molecule has 1 saturated heterocycles. The number of thiazole rings is 1. The van der Waals surface area contributed by atoms with Crippen molar-refractivity contribution in [2.45, 2.75) is 32.6 Å². The molecule has 0 aliphatic carbocycles. The van der Waals surface area contributed by atoms with Gasteiger partial charge in [-0.05, 0) is 41.8 Å². The number of carboxylic acids is 1. The van der Waals surface area contributed by atoms with Gasteiger partial charge >= 0.3 is 12.1 Å². The molecule has 1 aliphatic rings. The minimum Gasteiger partial charge on any atom is -0.482 e. The van der Waals surface area contributed by atoms with Crippen molar-refractivity contribution in [3.05, 3.63) is 53.6 Å². The van der Waals surface area contributed by atoms with Crippen molar-refractivity contribution in [3.8, 4) is 5.75 Å². The number of aliphatic carboxylic acids is 1. The van der Waals surface area contributed by atoms with Gasteiger partial charge in [0.25, 0.3) is 0 Å². The van der Waals surface area contributed by atoms with Gasteiger partial charge in [-0.25, -0.2) is 9.78 Å². The summed E-state index contributed by atoms with van der Waals surface area (Å²) in [6, 6.07) is 11.3. The van der Waals surface area contributed by atoms with Crippen LogP contribution in [-0.2, 0) is 17.5 Å². The lowest BCUT2D eigenvalue weighted by molar-refractivity contribution is -0.139. The molecule has 6 nitrogen and oxygen atoms in total. The number of carboxylic acid groups (broad SMARTS) is 1. The second-order valence-corrected chi connectivity index (χ2v) is 9.76. The summed E-state index contributed by atoms with van der Waals surface area (Å²) in [6.45, 7) is 6.84. The first-order chi connectivity index (χ1) is 16.1. The van der Waals surface area contributed by atoms with E-state index < -0.39 is 17.7 Å². The summed E-state index contributed by atoms with van der Waals surface area (Å²) in [5.74, 6) is -0.191. The molecule has 2 aromatic carbocycles. The van der Waals surface area contributed by atoms with Gasteiger partial charge in [0.15, 0.2) is 11.7 Å². The smallest absolute Gasteiger partial charge is 0.416 e. The number of hydrogen-bond donors (Lipinski definition) is 1. The van der Waals surface area contributed by atoms with Crippen LogP contribution in [-0.4, -0.2) is 53.2 Å². The van der Waals surface area contributed by atoms with Gasteiger partial charge in [-0.2, -0.15) is 13.2 Å². The van der Waals surface area contributed by atoms with Gasteiger partial charge < -0.3 is 14.7 Å². The van der Waals surface area contributed by atoms with Crippen LogP contribution in [0.2, 0.25) is 0 Å². The van der Waals surface area contributed by atoms with Crippen LogP contribution >= 0.6 is 11.3 Å². The monoisotopic (exact) mass is 493 g/mol. The van der Waals surface area contributed by atoms with Crippen LogP contribution in [0.3, 0.4) is 0 Å². The Bertz CT molecular complexity index is 1170. The van der Waals surface area contributed by atoms with E-state index in [2.05, 4.69) is 28.6 Å². The van der Waals surface area contributed by atoms with Crippen LogP contribution in [0.5, 0.6) is 5.75 Å². The standard InChI is InChI=1S/C24H26F3N3O3S/c1-15(2)20-13-29(12-16-4-3-5-18(10-16)33-14-22(31)32)8-9-30(20)23-28-19-7-6-17(24(25,26)27)11-21(19)34-23/h3-7,10-11,15,20H,8-9,12-14H2,1-2H3,(H,31,32). The first kappa shape index (κ1) is 24.3. The van der Waals surface area contributed by atoms with Gasteiger partial charge in [0.1, 0.15) is 5.75 Å². The normalized spacial score (nSPS) is 17.5. The molecular formula is C24H26F3N3O3S. The van der Waals surface area contributed by atoms with E-state index in [4.69, 9.17) is 9.84 Å². The van der Waals surface area contributed by atoms with E-state index in [0.29, 0.717) is 35.0 Å². The van der Waals surface area contributed by atoms with Gasteiger partial charge in [-0.3, -0.25) is 4.90 Å². The number of rotatable bonds is 7. The SMILES string of the molecule is CC(C)C1CN(Cc2cccc(OCC(=O)O)c2)CCN1c1nc2ccc(C(F)(F)F)cc2s1. The van der Waals surface area contributed by atoms with Crippen molar-refractivity contribution in [2.24, 2.45) is 5.92 Å². The van der Waals surface area contributed by atoms with Gasteiger partial charge in [-0.15, -0.1) is 0 Å². The van der Waals surface area contributed by atoms with Crippen molar-refractivity contribution in [1.29, 1.82) is 0 Å². The molecule has 1 aromatic heterocycles. The Kier molecular flexibility index (Phi) is 6.99. The highest BCUT2D eigenvalue weighted by Gasteiger charge is 2.33. The van der Waals surface area contributed by atoms with Crippen LogP contribution in [0.25, 0.3) is 10.2 Å². The Labute approximate surface area is 199 Å². The number of alkyl halides is 3. The fourth-order valence-corrected chi connectivity index (χ4v) is 5.26. The molecule has 1 N–H and O–H groups in total. The second kappa shape index (κ2) is 9.79. The number of aromatic nitrogens is 1. The summed E-state index contributed by atoms with van der Waals surface area (Å²) in [6.07, 6.45) is -4.37. The van der Waals surface area contributed by atoms with Crippen molar-refractivity contribution in [2.75, 3.05) is 31.1 Å². The summed E-state index contributed by atoms with van der Waals surface area (Å²) < 4.78 is 45.1. The van der Waals surface area contributed by atoms with E-state index in [1.165, 1.54) is 23.5 Å². The predicted molar refractivity (Wildman–Crippen MR) is 125 cm³/mol. The highest BCUT2D eigenvalue weighted by Crippen LogP contribution is 2.37. The lowest BCUT2D eigenvalue weighted by Crippen LogP contribution is -2.55. The van der Waals surface area contributed by atoms with Crippen LogP contribution in [0.4, 0.5) is 18.3 Å². The number of fused-ring (bicyclic) bond motifs is 1. The molecule has 0 bridgehead atoms. The summed E-state index contributed by atoms with van der Waals surface area (Å²) in [7, 11) is 0. The number of piperazine rings is 1. The maximum atomic E-state index is 13.1. The maximum absolute atomic E-state index is 13.1. The van der Waals surface area contributed by atoms with Crippen LogP contribution in [0.15, 0.2) is 42.5 Å². The third-order valence-electron chi connectivity index (χ3n) is 5.89. The molecule has 0 amide bonds. The fourth-order valence-electron chi connectivity index (χ4n) is 4.17. The molecular weight excluding hydrogens is 467 g/mol. The highest BCUT2D eigenvalue weighted by molar-refractivity contribution is 7.22. The van der Waals surface area contributed by atoms with Crippen LogP contribution in [0.1, 0.15) is 25.0 Å². The zero-order chi connectivity index (χ0) is 24.5. The summed E-state index contributed by atoms with van der Waals surface area (Å²) in [5, 5.41) is 9.56. The largest absolute Gasteiger partial charge is 0.482 e. The van der Waals surface area contributed by atoms with Crippen molar-refractivity contribution >= 4 is 32.7 Å². The zero-order valence-electron chi connectivity index (χ0n) is 18.9. The van der Waals surface area contributed by atoms with E-state index in [9.17, 15) is 18.0 Å². The molecule has 1 fully saturated rings. The average molecular weight is 494 g/mol. The van der Waals surface area contributed by atoms with E-state index in [1.54, 1.807) is 6.07 Å². The summed E-state index contributed by atoms with van der Waals surface area (Å²) in [4.78, 5) is 19.9. The van der Waals surface area contributed by atoms with Crippen molar-refractivity contribution < 1.29 is 27.8 Å². The van der Waals surface area contributed by atoms with Gasteiger partial charge in [0.2, 0.25) is 0 Å². The summed E-state index contributed by atoms with van der Waals surface area (Å²) in [5.41, 5.74) is 0.949. The van der Waals surface area contributed by atoms with E-state index in [0.717, 1.165) is 29.9 Å². The van der Waals surface area contributed by atoms with Gasteiger partial charge in [0, 0.05) is 32.2 Å². The van der Waals surface area contributed by atoms with Gasteiger partial charge in [-0.1, -0.05) is 37.3 Å². The fraction of sp³-hybridized carbons (Fsp3) is 0.417. The maximum Gasteiger partial charge on any atom is 0.416 e.